The molecule has 138 valence electrons. The molecule has 25 heavy (non-hydrogen) atoms. The van der Waals surface area contributed by atoms with Crippen molar-refractivity contribution >= 4 is 5.91 Å². The highest BCUT2D eigenvalue weighted by atomic mass is 16.2. The van der Waals surface area contributed by atoms with Gasteiger partial charge in [-0.2, -0.15) is 0 Å². The molecule has 0 bridgehead atoms. The Kier molecular flexibility index (Phi) is 5.34. The molecular formula is C19H31N5O. The van der Waals surface area contributed by atoms with E-state index in [2.05, 4.69) is 20.5 Å². The van der Waals surface area contributed by atoms with Crippen molar-refractivity contribution in [1.82, 2.24) is 25.2 Å². The van der Waals surface area contributed by atoms with E-state index in [1.165, 1.54) is 64.3 Å². The maximum absolute atomic E-state index is 12.3. The Balaban J connectivity index is 1.34. The van der Waals surface area contributed by atoms with Gasteiger partial charge in [0.2, 0.25) is 0 Å². The zero-order valence-electron chi connectivity index (χ0n) is 15.2. The van der Waals surface area contributed by atoms with Crippen LogP contribution in [-0.4, -0.2) is 50.5 Å². The molecule has 0 unspecified atom stereocenters. The standard InChI is InChI=1S/C19H31N5O/c25-19(20-15-7-4-5-8-15)18-14-23(22-21-18)13-17-11-6-12-24(17)16-9-2-1-3-10-16/h14-17H,1-13H2,(H,20,25)/t17-/m0/s1. The molecule has 0 radical (unpaired) electrons. The van der Waals surface area contributed by atoms with Crippen LogP contribution in [0.3, 0.4) is 0 Å². The molecule has 6 heteroatoms. The SMILES string of the molecule is O=C(NC1CCCC1)c1cn(C[C@@H]2CCCN2C2CCCCC2)nn1. The maximum Gasteiger partial charge on any atom is 0.273 e. The van der Waals surface area contributed by atoms with E-state index in [4.69, 9.17) is 0 Å². The summed E-state index contributed by atoms with van der Waals surface area (Å²) in [5.74, 6) is -0.0614. The molecule has 0 spiro atoms. The van der Waals surface area contributed by atoms with Crippen LogP contribution in [0.5, 0.6) is 0 Å². The molecule has 1 aliphatic heterocycles. The van der Waals surface area contributed by atoms with Crippen molar-refractivity contribution in [2.75, 3.05) is 6.54 Å². The van der Waals surface area contributed by atoms with Gasteiger partial charge in [0, 0.05) is 18.1 Å². The molecule has 3 fully saturated rings. The van der Waals surface area contributed by atoms with E-state index in [9.17, 15) is 4.79 Å². The number of nitrogens with one attached hydrogen (secondary N) is 1. The van der Waals surface area contributed by atoms with Gasteiger partial charge in [0.1, 0.15) is 0 Å². The van der Waals surface area contributed by atoms with Gasteiger partial charge in [-0.3, -0.25) is 14.4 Å². The number of aromatic nitrogens is 3. The quantitative estimate of drug-likeness (QED) is 0.891. The molecule has 1 saturated heterocycles. The largest absolute Gasteiger partial charge is 0.348 e. The highest BCUT2D eigenvalue weighted by Gasteiger charge is 2.32. The third-order valence-electron chi connectivity index (χ3n) is 6.33. The summed E-state index contributed by atoms with van der Waals surface area (Å²) in [6.07, 6.45) is 15.8. The van der Waals surface area contributed by atoms with Crippen LogP contribution in [-0.2, 0) is 6.54 Å². The maximum atomic E-state index is 12.3. The molecule has 0 aromatic carbocycles. The lowest BCUT2D eigenvalue weighted by atomic mass is 9.94. The van der Waals surface area contributed by atoms with Crippen LogP contribution in [0.25, 0.3) is 0 Å². The molecule has 1 amide bonds. The van der Waals surface area contributed by atoms with Crippen molar-refractivity contribution in [1.29, 1.82) is 0 Å². The Labute approximate surface area is 150 Å². The minimum absolute atomic E-state index is 0.0614. The predicted octanol–water partition coefficient (Wildman–Crippen LogP) is 2.75. The van der Waals surface area contributed by atoms with E-state index < -0.39 is 0 Å². The molecule has 2 saturated carbocycles. The molecule has 1 aromatic heterocycles. The van der Waals surface area contributed by atoms with Crippen LogP contribution in [0.4, 0.5) is 0 Å². The minimum atomic E-state index is -0.0614. The minimum Gasteiger partial charge on any atom is -0.348 e. The number of nitrogens with zero attached hydrogens (tertiary/aromatic N) is 4. The van der Waals surface area contributed by atoms with Gasteiger partial charge in [-0.05, 0) is 45.1 Å². The average molecular weight is 345 g/mol. The van der Waals surface area contributed by atoms with Crippen LogP contribution < -0.4 is 5.32 Å². The summed E-state index contributed by atoms with van der Waals surface area (Å²) in [7, 11) is 0. The fraction of sp³-hybridized carbons (Fsp3) is 0.842. The Morgan fingerprint density at radius 1 is 1.04 bits per heavy atom. The lowest BCUT2D eigenvalue weighted by Crippen LogP contribution is -2.42. The van der Waals surface area contributed by atoms with Gasteiger partial charge < -0.3 is 5.32 Å². The fourth-order valence-electron chi connectivity index (χ4n) is 4.98. The summed E-state index contributed by atoms with van der Waals surface area (Å²) < 4.78 is 1.88. The normalized spacial score (nSPS) is 26.3. The average Bonchev–Trinajstić information content (AvgIpc) is 3.38. The summed E-state index contributed by atoms with van der Waals surface area (Å²) in [5, 5.41) is 11.5. The van der Waals surface area contributed by atoms with Gasteiger partial charge in [0.05, 0.1) is 12.7 Å². The Morgan fingerprint density at radius 2 is 1.80 bits per heavy atom. The zero-order chi connectivity index (χ0) is 17.1. The molecule has 4 rings (SSSR count). The number of amides is 1. The lowest BCUT2D eigenvalue weighted by molar-refractivity contribution is 0.0932. The first-order valence-corrected chi connectivity index (χ1v) is 10.3. The van der Waals surface area contributed by atoms with Crippen molar-refractivity contribution in [2.45, 2.75) is 95.3 Å². The number of likely N-dealkylation sites (tertiary alicyclic amines) is 1. The van der Waals surface area contributed by atoms with Crippen LogP contribution in [0.2, 0.25) is 0 Å². The van der Waals surface area contributed by atoms with Gasteiger partial charge in [0.15, 0.2) is 5.69 Å². The Morgan fingerprint density at radius 3 is 2.60 bits per heavy atom. The summed E-state index contributed by atoms with van der Waals surface area (Å²) >= 11 is 0. The predicted molar refractivity (Wildman–Crippen MR) is 96.3 cm³/mol. The summed E-state index contributed by atoms with van der Waals surface area (Å²) in [4.78, 5) is 15.0. The number of rotatable bonds is 5. The molecule has 2 heterocycles. The molecule has 2 aliphatic carbocycles. The lowest BCUT2D eigenvalue weighted by Gasteiger charge is -2.35. The van der Waals surface area contributed by atoms with Crippen molar-refractivity contribution in [2.24, 2.45) is 0 Å². The van der Waals surface area contributed by atoms with Crippen LogP contribution >= 0.6 is 0 Å². The van der Waals surface area contributed by atoms with Crippen LogP contribution in [0, 0.1) is 0 Å². The van der Waals surface area contributed by atoms with Gasteiger partial charge >= 0.3 is 0 Å². The molecule has 3 aliphatic rings. The number of carbonyl (C=O) groups excluding carboxylic acids is 1. The van der Waals surface area contributed by atoms with Crippen molar-refractivity contribution in [3.05, 3.63) is 11.9 Å². The third kappa shape index (κ3) is 4.05. The van der Waals surface area contributed by atoms with E-state index in [0.717, 1.165) is 25.4 Å². The highest BCUT2D eigenvalue weighted by Crippen LogP contribution is 2.29. The second kappa shape index (κ2) is 7.85. The third-order valence-corrected chi connectivity index (χ3v) is 6.33. The van der Waals surface area contributed by atoms with Crippen molar-refractivity contribution in [3.8, 4) is 0 Å². The summed E-state index contributed by atoms with van der Waals surface area (Å²) in [6.45, 7) is 2.08. The van der Waals surface area contributed by atoms with Gasteiger partial charge in [0.25, 0.3) is 5.91 Å². The first-order valence-electron chi connectivity index (χ1n) is 10.3. The second-order valence-electron chi connectivity index (χ2n) is 8.11. The fourth-order valence-corrected chi connectivity index (χ4v) is 4.98. The smallest absolute Gasteiger partial charge is 0.273 e. The highest BCUT2D eigenvalue weighted by molar-refractivity contribution is 5.92. The monoisotopic (exact) mass is 345 g/mol. The Hall–Kier alpha value is -1.43. The van der Waals surface area contributed by atoms with E-state index in [0.29, 0.717) is 17.8 Å². The first-order chi connectivity index (χ1) is 12.3. The van der Waals surface area contributed by atoms with E-state index in [1.807, 2.05) is 10.9 Å². The molecule has 1 N–H and O–H groups in total. The van der Waals surface area contributed by atoms with E-state index >= 15 is 0 Å². The molecule has 6 nitrogen and oxygen atoms in total. The molecular weight excluding hydrogens is 314 g/mol. The topological polar surface area (TPSA) is 63.1 Å². The van der Waals surface area contributed by atoms with Crippen LogP contribution in [0.15, 0.2) is 6.20 Å². The van der Waals surface area contributed by atoms with Crippen molar-refractivity contribution < 1.29 is 4.79 Å². The van der Waals surface area contributed by atoms with Crippen molar-refractivity contribution in [3.63, 3.8) is 0 Å². The molecule has 1 aromatic rings. The zero-order valence-corrected chi connectivity index (χ0v) is 15.2. The van der Waals surface area contributed by atoms with Gasteiger partial charge in [-0.1, -0.05) is 37.3 Å². The van der Waals surface area contributed by atoms with E-state index in [-0.39, 0.29) is 5.91 Å². The van der Waals surface area contributed by atoms with E-state index in [1.54, 1.807) is 0 Å². The number of hydrogen-bond donors (Lipinski definition) is 1. The number of carbonyl (C=O) groups is 1. The van der Waals surface area contributed by atoms with Crippen LogP contribution in [0.1, 0.15) is 81.1 Å². The Bertz CT molecular complexity index is 574. The number of hydrogen-bond acceptors (Lipinski definition) is 4. The summed E-state index contributed by atoms with van der Waals surface area (Å²) in [5.41, 5.74) is 0.467. The summed E-state index contributed by atoms with van der Waals surface area (Å²) in [6, 6.07) is 1.64. The molecule has 1 atom stereocenters. The second-order valence-corrected chi connectivity index (χ2v) is 8.11. The van der Waals surface area contributed by atoms with Gasteiger partial charge in [-0.25, -0.2) is 0 Å². The first kappa shape index (κ1) is 17.0. The van der Waals surface area contributed by atoms with Gasteiger partial charge in [-0.15, -0.1) is 5.10 Å².